The lowest BCUT2D eigenvalue weighted by Crippen LogP contribution is -2.15. The first-order valence-electron chi connectivity index (χ1n) is 8.03. The van der Waals surface area contributed by atoms with Crippen LogP contribution in [-0.4, -0.2) is 33.0 Å². The van der Waals surface area contributed by atoms with Crippen molar-refractivity contribution in [1.29, 1.82) is 5.26 Å². The Kier molecular flexibility index (Phi) is 5.19. The summed E-state index contributed by atoms with van der Waals surface area (Å²) in [4.78, 5) is 27.0. The lowest BCUT2D eigenvalue weighted by molar-refractivity contribution is 1.04. The van der Waals surface area contributed by atoms with Crippen LogP contribution in [0.2, 0.25) is 0 Å². The van der Waals surface area contributed by atoms with E-state index in [1.54, 1.807) is 31.5 Å². The lowest BCUT2D eigenvalue weighted by atomic mass is 10.2. The number of aryl methyl sites for hydroxylation is 1. The van der Waals surface area contributed by atoms with Gasteiger partial charge in [0.25, 0.3) is 5.56 Å². The summed E-state index contributed by atoms with van der Waals surface area (Å²) < 4.78 is 0. The summed E-state index contributed by atoms with van der Waals surface area (Å²) >= 11 is 0. The minimum Gasteiger partial charge on any atom is -0.368 e. The number of hydrogen-bond donors (Lipinski definition) is 3. The summed E-state index contributed by atoms with van der Waals surface area (Å²) in [6, 6.07) is 10.6. The van der Waals surface area contributed by atoms with Crippen molar-refractivity contribution in [3.05, 3.63) is 64.3 Å². The maximum Gasteiger partial charge on any atom is 0.251 e. The Morgan fingerprint density at radius 3 is 2.77 bits per heavy atom. The molecule has 0 saturated carbocycles. The molecule has 0 amide bonds. The number of pyridine rings is 2. The van der Waals surface area contributed by atoms with Crippen molar-refractivity contribution in [3.63, 3.8) is 0 Å². The van der Waals surface area contributed by atoms with Crippen molar-refractivity contribution in [2.45, 2.75) is 6.92 Å². The van der Waals surface area contributed by atoms with E-state index in [9.17, 15) is 4.79 Å². The van der Waals surface area contributed by atoms with E-state index in [1.807, 2.05) is 12.1 Å². The summed E-state index contributed by atoms with van der Waals surface area (Å²) in [6.07, 6.45) is 3.29. The summed E-state index contributed by atoms with van der Waals surface area (Å²) in [5.74, 6) is 1.76. The summed E-state index contributed by atoms with van der Waals surface area (Å²) in [5.41, 5.74) is 1.71. The lowest BCUT2D eigenvalue weighted by Gasteiger charge is -2.09. The third-order valence-corrected chi connectivity index (χ3v) is 3.56. The zero-order chi connectivity index (χ0) is 18.4. The highest BCUT2D eigenvalue weighted by Crippen LogP contribution is 2.14. The van der Waals surface area contributed by atoms with Gasteiger partial charge in [-0.15, -0.1) is 0 Å². The number of anilines is 2. The number of nitrogens with zero attached hydrogens (tertiary/aromatic N) is 4. The SMILES string of the molecule is Cc1cc(=O)[nH]c(-c2ccc(NCCNc3ncccc3C#N)nc2)n1. The first-order valence-corrected chi connectivity index (χ1v) is 8.03. The zero-order valence-electron chi connectivity index (χ0n) is 14.2. The minimum absolute atomic E-state index is 0.188. The number of hydrogen-bond acceptors (Lipinski definition) is 7. The molecular formula is C18H17N7O. The summed E-state index contributed by atoms with van der Waals surface area (Å²) in [5, 5.41) is 15.3. The zero-order valence-corrected chi connectivity index (χ0v) is 14.2. The van der Waals surface area contributed by atoms with Gasteiger partial charge in [-0.2, -0.15) is 5.26 Å². The number of nitrogens with one attached hydrogen (secondary N) is 3. The van der Waals surface area contributed by atoms with Crippen molar-refractivity contribution in [1.82, 2.24) is 19.9 Å². The van der Waals surface area contributed by atoms with E-state index in [0.717, 1.165) is 5.56 Å². The van der Waals surface area contributed by atoms with Gasteiger partial charge in [-0.25, -0.2) is 15.0 Å². The van der Waals surface area contributed by atoms with Crippen LogP contribution in [0.4, 0.5) is 11.6 Å². The Morgan fingerprint density at radius 1 is 1.19 bits per heavy atom. The molecule has 0 atom stereocenters. The van der Waals surface area contributed by atoms with Gasteiger partial charge in [0.15, 0.2) is 0 Å². The quantitative estimate of drug-likeness (QED) is 0.583. The van der Waals surface area contributed by atoms with Crippen molar-refractivity contribution in [2.24, 2.45) is 0 Å². The number of rotatable bonds is 6. The molecule has 3 rings (SSSR count). The number of nitriles is 1. The molecule has 8 heteroatoms. The Hall–Kier alpha value is -3.73. The highest BCUT2D eigenvalue weighted by atomic mass is 16.1. The Morgan fingerprint density at radius 2 is 2.04 bits per heavy atom. The fraction of sp³-hybridized carbons (Fsp3) is 0.167. The van der Waals surface area contributed by atoms with Gasteiger partial charge in [-0.05, 0) is 31.2 Å². The molecule has 0 aliphatic rings. The van der Waals surface area contributed by atoms with Crippen LogP contribution in [0.15, 0.2) is 47.5 Å². The molecule has 3 aromatic rings. The van der Waals surface area contributed by atoms with Crippen LogP contribution < -0.4 is 16.2 Å². The smallest absolute Gasteiger partial charge is 0.251 e. The third kappa shape index (κ3) is 4.21. The van der Waals surface area contributed by atoms with E-state index < -0.39 is 0 Å². The molecular weight excluding hydrogens is 330 g/mol. The molecule has 3 N–H and O–H groups in total. The van der Waals surface area contributed by atoms with Gasteiger partial charge in [0.05, 0.1) is 5.56 Å². The maximum atomic E-state index is 11.5. The Labute approximate surface area is 150 Å². The normalized spacial score (nSPS) is 10.2. The van der Waals surface area contributed by atoms with Gasteiger partial charge in [-0.1, -0.05) is 0 Å². The van der Waals surface area contributed by atoms with Crippen LogP contribution in [0, 0.1) is 18.3 Å². The van der Waals surface area contributed by atoms with E-state index in [1.165, 1.54) is 6.07 Å². The number of aromatic amines is 1. The van der Waals surface area contributed by atoms with Crippen molar-refractivity contribution in [2.75, 3.05) is 23.7 Å². The fourth-order valence-corrected chi connectivity index (χ4v) is 2.36. The van der Waals surface area contributed by atoms with Gasteiger partial charge >= 0.3 is 0 Å². The van der Waals surface area contributed by atoms with E-state index in [-0.39, 0.29) is 5.56 Å². The van der Waals surface area contributed by atoms with Gasteiger partial charge in [-0.3, -0.25) is 4.79 Å². The van der Waals surface area contributed by atoms with Crippen LogP contribution in [0.25, 0.3) is 11.4 Å². The second-order valence-electron chi connectivity index (χ2n) is 5.53. The molecule has 0 bridgehead atoms. The molecule has 130 valence electrons. The molecule has 0 aromatic carbocycles. The average molecular weight is 347 g/mol. The first-order chi connectivity index (χ1) is 12.7. The van der Waals surface area contributed by atoms with Crippen molar-refractivity contribution < 1.29 is 0 Å². The molecule has 0 aliphatic carbocycles. The van der Waals surface area contributed by atoms with E-state index in [0.29, 0.717) is 41.8 Å². The second kappa shape index (κ2) is 7.90. The molecule has 0 spiro atoms. The molecule has 26 heavy (non-hydrogen) atoms. The Balaban J connectivity index is 1.56. The Bertz CT molecular complexity index is 989. The molecule has 0 radical (unpaired) electrons. The van der Waals surface area contributed by atoms with Crippen molar-refractivity contribution in [3.8, 4) is 17.5 Å². The maximum absolute atomic E-state index is 11.5. The molecule has 0 aliphatic heterocycles. The van der Waals surface area contributed by atoms with Gasteiger partial charge in [0.1, 0.15) is 23.5 Å². The molecule has 3 aromatic heterocycles. The van der Waals surface area contributed by atoms with Crippen molar-refractivity contribution >= 4 is 11.6 Å². The van der Waals surface area contributed by atoms with Crippen LogP contribution in [0.3, 0.4) is 0 Å². The third-order valence-electron chi connectivity index (χ3n) is 3.56. The summed E-state index contributed by atoms with van der Waals surface area (Å²) in [6.45, 7) is 2.96. The largest absolute Gasteiger partial charge is 0.368 e. The topological polar surface area (TPSA) is 119 Å². The van der Waals surface area contributed by atoms with E-state index >= 15 is 0 Å². The molecule has 0 unspecified atom stereocenters. The fourth-order valence-electron chi connectivity index (χ4n) is 2.36. The number of H-pyrrole nitrogens is 1. The standard InChI is InChI=1S/C18H17N7O/c1-12-9-16(26)25-18(24-12)14-4-5-15(23-11-14)20-7-8-22-17-13(10-19)3-2-6-21-17/h2-6,9,11H,7-8H2,1H3,(H,20,23)(H,21,22)(H,24,25,26). The molecule has 0 saturated heterocycles. The molecule has 8 nitrogen and oxygen atoms in total. The monoisotopic (exact) mass is 347 g/mol. The highest BCUT2D eigenvalue weighted by Gasteiger charge is 2.04. The molecule has 0 fully saturated rings. The minimum atomic E-state index is -0.188. The summed E-state index contributed by atoms with van der Waals surface area (Å²) in [7, 11) is 0. The second-order valence-corrected chi connectivity index (χ2v) is 5.53. The molecule has 3 heterocycles. The highest BCUT2D eigenvalue weighted by molar-refractivity contribution is 5.56. The van der Waals surface area contributed by atoms with Crippen LogP contribution >= 0.6 is 0 Å². The predicted molar refractivity (Wildman–Crippen MR) is 98.8 cm³/mol. The van der Waals surface area contributed by atoms with E-state index in [4.69, 9.17) is 5.26 Å². The van der Waals surface area contributed by atoms with Crippen LogP contribution in [0.1, 0.15) is 11.3 Å². The van der Waals surface area contributed by atoms with Gasteiger partial charge in [0, 0.05) is 42.8 Å². The van der Waals surface area contributed by atoms with Gasteiger partial charge < -0.3 is 15.6 Å². The first kappa shape index (κ1) is 17.1. The van der Waals surface area contributed by atoms with E-state index in [2.05, 4.69) is 36.6 Å². The van der Waals surface area contributed by atoms with Crippen LogP contribution in [0.5, 0.6) is 0 Å². The predicted octanol–water partition coefficient (Wildman–Crippen LogP) is 1.93. The average Bonchev–Trinajstić information content (AvgIpc) is 2.65. The van der Waals surface area contributed by atoms with Crippen LogP contribution in [-0.2, 0) is 0 Å². The van der Waals surface area contributed by atoms with Gasteiger partial charge in [0.2, 0.25) is 0 Å². The number of aromatic nitrogens is 4.